The molecule has 0 aromatic heterocycles. The molecule has 0 aliphatic rings. The molecule has 5 nitrogen and oxygen atoms in total. The molecule has 0 saturated heterocycles. The number of alkyl halides is 3. The van der Waals surface area contributed by atoms with Gasteiger partial charge in [0.25, 0.3) is 0 Å². The highest BCUT2D eigenvalue weighted by atomic mass is 32.2. The van der Waals surface area contributed by atoms with E-state index < -0.39 is 26.5 Å². The number of benzene rings is 2. The van der Waals surface area contributed by atoms with E-state index in [4.69, 9.17) is 5.73 Å². The standard InChI is InChI=1S/C18H20F3N3O2S/c1-11-4-6-14(8-12(11)2)24-17(22)23-10-13-5-7-16(27(3,25)26)15(9-13)18(19,20)21/h4-9H,10H2,1-3H3,(H3,22,23,24). The van der Waals surface area contributed by atoms with Crippen molar-refractivity contribution in [2.45, 2.75) is 31.5 Å². The fourth-order valence-electron chi connectivity index (χ4n) is 2.40. The quantitative estimate of drug-likeness (QED) is 0.607. The van der Waals surface area contributed by atoms with Gasteiger partial charge in [-0.2, -0.15) is 13.2 Å². The van der Waals surface area contributed by atoms with E-state index in [9.17, 15) is 21.6 Å². The first-order valence-electron chi connectivity index (χ1n) is 7.92. The van der Waals surface area contributed by atoms with Gasteiger partial charge in [-0.1, -0.05) is 12.1 Å². The van der Waals surface area contributed by atoms with Gasteiger partial charge in [0.05, 0.1) is 17.0 Å². The second-order valence-corrected chi connectivity index (χ2v) is 8.21. The van der Waals surface area contributed by atoms with E-state index in [0.717, 1.165) is 29.5 Å². The van der Waals surface area contributed by atoms with Crippen LogP contribution in [0.1, 0.15) is 22.3 Å². The van der Waals surface area contributed by atoms with Crippen LogP contribution in [0.4, 0.5) is 18.9 Å². The average molecular weight is 399 g/mol. The van der Waals surface area contributed by atoms with Gasteiger partial charge in [0.1, 0.15) is 0 Å². The number of hydrogen-bond donors (Lipinski definition) is 2. The molecule has 0 radical (unpaired) electrons. The maximum atomic E-state index is 13.2. The number of aryl methyl sites for hydroxylation is 2. The lowest BCUT2D eigenvalue weighted by Crippen LogP contribution is -2.22. The lowest BCUT2D eigenvalue weighted by Gasteiger charge is -2.13. The molecule has 0 aliphatic carbocycles. The first-order chi connectivity index (χ1) is 12.4. The number of anilines is 1. The Balaban J connectivity index is 2.24. The van der Waals surface area contributed by atoms with E-state index in [1.165, 1.54) is 6.07 Å². The number of sulfone groups is 1. The van der Waals surface area contributed by atoms with Crippen molar-refractivity contribution < 1.29 is 21.6 Å². The van der Waals surface area contributed by atoms with Crippen molar-refractivity contribution in [1.29, 1.82) is 0 Å². The Morgan fingerprint density at radius 1 is 1.11 bits per heavy atom. The number of halogens is 3. The summed E-state index contributed by atoms with van der Waals surface area (Å²) in [6.07, 6.45) is -4.05. The first kappa shape index (κ1) is 20.8. The lowest BCUT2D eigenvalue weighted by molar-refractivity contribution is -0.139. The highest BCUT2D eigenvalue weighted by molar-refractivity contribution is 7.90. The van der Waals surface area contributed by atoms with Crippen molar-refractivity contribution in [2.24, 2.45) is 10.7 Å². The van der Waals surface area contributed by atoms with E-state index in [1.54, 1.807) is 0 Å². The molecule has 0 spiro atoms. The molecule has 27 heavy (non-hydrogen) atoms. The summed E-state index contributed by atoms with van der Waals surface area (Å²) in [5, 5.41) is 2.87. The molecule has 3 N–H and O–H groups in total. The zero-order valence-electron chi connectivity index (χ0n) is 15.1. The molecule has 9 heteroatoms. The number of nitrogens with one attached hydrogen (secondary N) is 1. The molecule has 0 aliphatic heterocycles. The van der Waals surface area contributed by atoms with Crippen LogP contribution < -0.4 is 11.1 Å². The Morgan fingerprint density at radius 3 is 2.33 bits per heavy atom. The van der Waals surface area contributed by atoms with Gasteiger partial charge < -0.3 is 11.1 Å². The van der Waals surface area contributed by atoms with Gasteiger partial charge >= 0.3 is 6.18 Å². The van der Waals surface area contributed by atoms with Crippen LogP contribution in [-0.2, 0) is 22.6 Å². The topological polar surface area (TPSA) is 84.5 Å². The summed E-state index contributed by atoms with van der Waals surface area (Å²) in [7, 11) is -4.01. The van der Waals surface area contributed by atoms with Crippen molar-refractivity contribution in [2.75, 3.05) is 11.6 Å². The average Bonchev–Trinajstić information content (AvgIpc) is 2.54. The van der Waals surface area contributed by atoms with Crippen LogP contribution in [-0.4, -0.2) is 20.6 Å². The van der Waals surface area contributed by atoms with Crippen molar-refractivity contribution in [3.8, 4) is 0 Å². The maximum absolute atomic E-state index is 13.2. The zero-order chi connectivity index (χ0) is 20.4. The number of nitrogens with two attached hydrogens (primary N) is 1. The third-order valence-electron chi connectivity index (χ3n) is 3.96. The van der Waals surface area contributed by atoms with Gasteiger partial charge in [-0.25, -0.2) is 13.4 Å². The molecule has 0 atom stereocenters. The summed E-state index contributed by atoms with van der Waals surface area (Å²) in [4.78, 5) is 3.26. The van der Waals surface area contributed by atoms with Gasteiger partial charge in [-0.05, 0) is 54.8 Å². The Morgan fingerprint density at radius 2 is 1.78 bits per heavy atom. The normalized spacial score (nSPS) is 12.9. The van der Waals surface area contributed by atoms with Crippen LogP contribution in [0.5, 0.6) is 0 Å². The minimum atomic E-state index is -4.79. The van der Waals surface area contributed by atoms with E-state index in [-0.39, 0.29) is 18.1 Å². The van der Waals surface area contributed by atoms with Gasteiger partial charge in [0.15, 0.2) is 15.8 Å². The van der Waals surface area contributed by atoms with Crippen LogP contribution in [0, 0.1) is 13.8 Å². The fourth-order valence-corrected chi connectivity index (χ4v) is 3.29. The summed E-state index contributed by atoms with van der Waals surface area (Å²) in [6, 6.07) is 8.61. The second-order valence-electron chi connectivity index (χ2n) is 6.23. The van der Waals surface area contributed by atoms with Crippen molar-refractivity contribution in [3.63, 3.8) is 0 Å². The highest BCUT2D eigenvalue weighted by Crippen LogP contribution is 2.35. The van der Waals surface area contributed by atoms with Crippen LogP contribution in [0.15, 0.2) is 46.3 Å². The minimum absolute atomic E-state index is 0.0407. The smallest absolute Gasteiger partial charge is 0.370 e. The summed E-state index contributed by atoms with van der Waals surface area (Å²) in [6.45, 7) is 3.78. The Hall–Kier alpha value is -2.55. The molecule has 0 bridgehead atoms. The summed E-state index contributed by atoms with van der Waals surface area (Å²) in [5.74, 6) is 0.0407. The summed E-state index contributed by atoms with van der Waals surface area (Å²) < 4.78 is 62.7. The van der Waals surface area contributed by atoms with Crippen LogP contribution in [0.25, 0.3) is 0 Å². The van der Waals surface area contributed by atoms with E-state index in [1.807, 2.05) is 32.0 Å². The monoisotopic (exact) mass is 399 g/mol. The van der Waals surface area contributed by atoms with Crippen LogP contribution in [0.3, 0.4) is 0 Å². The maximum Gasteiger partial charge on any atom is 0.417 e. The number of rotatable bonds is 4. The molecule has 2 rings (SSSR count). The Labute approximate surface area is 156 Å². The first-order valence-corrected chi connectivity index (χ1v) is 9.81. The molecule has 0 unspecified atom stereocenters. The molecule has 2 aromatic rings. The van der Waals surface area contributed by atoms with Crippen LogP contribution in [0.2, 0.25) is 0 Å². The Bertz CT molecular complexity index is 984. The molecule has 2 aromatic carbocycles. The van der Waals surface area contributed by atoms with E-state index in [2.05, 4.69) is 10.3 Å². The van der Waals surface area contributed by atoms with Gasteiger partial charge in [0.2, 0.25) is 0 Å². The third-order valence-corrected chi connectivity index (χ3v) is 5.12. The number of nitrogens with zero attached hydrogens (tertiary/aromatic N) is 1. The SMILES string of the molecule is Cc1ccc(NC(N)=NCc2ccc(S(C)(=O)=O)c(C(F)(F)F)c2)cc1C. The molecular formula is C18H20F3N3O2S. The lowest BCUT2D eigenvalue weighted by atomic mass is 10.1. The van der Waals surface area contributed by atoms with E-state index >= 15 is 0 Å². The van der Waals surface area contributed by atoms with Crippen LogP contribution >= 0.6 is 0 Å². The highest BCUT2D eigenvalue weighted by Gasteiger charge is 2.36. The zero-order valence-corrected chi connectivity index (χ0v) is 15.9. The molecule has 0 heterocycles. The fraction of sp³-hybridized carbons (Fsp3) is 0.278. The second kappa shape index (κ2) is 7.59. The Kier molecular flexibility index (Phi) is 5.84. The summed E-state index contributed by atoms with van der Waals surface area (Å²) >= 11 is 0. The third kappa shape index (κ3) is 5.46. The van der Waals surface area contributed by atoms with Crippen molar-refractivity contribution in [1.82, 2.24) is 0 Å². The molecule has 0 saturated carbocycles. The molecule has 0 fully saturated rings. The predicted octanol–water partition coefficient (Wildman–Crippen LogP) is 3.65. The largest absolute Gasteiger partial charge is 0.417 e. The number of hydrogen-bond acceptors (Lipinski definition) is 3. The van der Waals surface area contributed by atoms with Gasteiger partial charge in [0, 0.05) is 11.9 Å². The predicted molar refractivity (Wildman–Crippen MR) is 99.4 cm³/mol. The number of aliphatic imine (C=N–C) groups is 1. The van der Waals surface area contributed by atoms with Crippen molar-refractivity contribution in [3.05, 3.63) is 58.7 Å². The molecular weight excluding hydrogens is 379 g/mol. The van der Waals surface area contributed by atoms with Gasteiger partial charge in [-0.3, -0.25) is 0 Å². The number of guanidine groups is 1. The van der Waals surface area contributed by atoms with E-state index in [0.29, 0.717) is 5.69 Å². The minimum Gasteiger partial charge on any atom is -0.370 e. The van der Waals surface area contributed by atoms with Gasteiger partial charge in [-0.15, -0.1) is 0 Å². The summed E-state index contributed by atoms with van der Waals surface area (Å²) in [5.41, 5.74) is 7.65. The molecule has 146 valence electrons. The molecule has 0 amide bonds. The van der Waals surface area contributed by atoms with Crippen molar-refractivity contribution >= 4 is 21.5 Å².